The molecule has 2 aromatic rings. The van der Waals surface area contributed by atoms with Gasteiger partial charge in [0.2, 0.25) is 0 Å². The average Bonchev–Trinajstić information content (AvgIpc) is 2.64. The van der Waals surface area contributed by atoms with E-state index in [0.717, 1.165) is 24.5 Å². The Hall–Kier alpha value is -2.60. The smallest absolute Gasteiger partial charge is 0.261 e. The van der Waals surface area contributed by atoms with Crippen molar-refractivity contribution in [3.8, 4) is 5.75 Å². The molecule has 5 nitrogen and oxygen atoms in total. The van der Waals surface area contributed by atoms with Crippen LogP contribution in [-0.4, -0.2) is 30.7 Å². The van der Waals surface area contributed by atoms with Crippen LogP contribution < -0.4 is 20.3 Å². The Morgan fingerprint density at radius 2 is 1.69 bits per heavy atom. The first-order valence-electron chi connectivity index (χ1n) is 8.78. The Bertz CT molecular complexity index is 743. The number of rotatable bonds is 7. The monoisotopic (exact) mass is 371 g/mol. The molecule has 0 atom stereocenters. The second-order valence-corrected chi connectivity index (χ2v) is 5.96. The van der Waals surface area contributed by atoms with Crippen LogP contribution in [-0.2, 0) is 0 Å². The van der Waals surface area contributed by atoms with Crippen molar-refractivity contribution in [3.63, 3.8) is 0 Å². The number of anilines is 2. The minimum absolute atomic E-state index is 0.247. The standard InChI is InChI=1S/C20H25N3O2S/c1-4-23(5-2)16-13-11-15(12-14-16)21-20(26)22-19(24)17-9-7-8-10-18(17)25-6-3/h7-14H,4-6H2,1-3H3,(H2,21,22,24,26). The lowest BCUT2D eigenvalue weighted by Gasteiger charge is -2.21. The van der Waals surface area contributed by atoms with Crippen LogP contribution in [0.4, 0.5) is 11.4 Å². The highest BCUT2D eigenvalue weighted by Crippen LogP contribution is 2.19. The lowest BCUT2D eigenvalue weighted by Crippen LogP contribution is -2.34. The van der Waals surface area contributed by atoms with Gasteiger partial charge in [-0.15, -0.1) is 0 Å². The van der Waals surface area contributed by atoms with E-state index in [0.29, 0.717) is 17.9 Å². The molecule has 0 aliphatic carbocycles. The summed E-state index contributed by atoms with van der Waals surface area (Å²) in [4.78, 5) is 14.7. The number of amides is 1. The molecule has 138 valence electrons. The number of benzene rings is 2. The third-order valence-electron chi connectivity index (χ3n) is 3.91. The molecular weight excluding hydrogens is 346 g/mol. The summed E-state index contributed by atoms with van der Waals surface area (Å²) >= 11 is 5.26. The topological polar surface area (TPSA) is 53.6 Å². The fourth-order valence-electron chi connectivity index (χ4n) is 2.61. The van der Waals surface area contributed by atoms with Crippen molar-refractivity contribution in [2.75, 3.05) is 29.9 Å². The lowest BCUT2D eigenvalue weighted by molar-refractivity contribution is 0.0974. The number of hydrogen-bond donors (Lipinski definition) is 2. The first-order chi connectivity index (χ1) is 12.6. The molecule has 0 saturated carbocycles. The number of nitrogens with zero attached hydrogens (tertiary/aromatic N) is 1. The third kappa shape index (κ3) is 5.20. The minimum Gasteiger partial charge on any atom is -0.493 e. The van der Waals surface area contributed by atoms with Crippen LogP contribution in [0.3, 0.4) is 0 Å². The van der Waals surface area contributed by atoms with Crippen molar-refractivity contribution in [1.82, 2.24) is 5.32 Å². The SMILES string of the molecule is CCOc1ccccc1C(=O)NC(=S)Nc1ccc(N(CC)CC)cc1. The van der Waals surface area contributed by atoms with Crippen LogP contribution >= 0.6 is 12.2 Å². The van der Waals surface area contributed by atoms with Crippen LogP contribution in [0.25, 0.3) is 0 Å². The van der Waals surface area contributed by atoms with Gasteiger partial charge in [0.1, 0.15) is 5.75 Å². The fourth-order valence-corrected chi connectivity index (χ4v) is 2.82. The molecule has 2 aromatic carbocycles. The van der Waals surface area contributed by atoms with Gasteiger partial charge in [0.25, 0.3) is 5.91 Å². The zero-order valence-electron chi connectivity index (χ0n) is 15.4. The van der Waals surface area contributed by atoms with E-state index in [4.69, 9.17) is 17.0 Å². The maximum Gasteiger partial charge on any atom is 0.261 e. The molecule has 0 fully saturated rings. The van der Waals surface area contributed by atoms with Crippen molar-refractivity contribution < 1.29 is 9.53 Å². The molecule has 2 rings (SSSR count). The minimum atomic E-state index is -0.300. The Labute approximate surface area is 160 Å². The molecule has 0 aliphatic rings. The summed E-state index contributed by atoms with van der Waals surface area (Å²) in [7, 11) is 0. The van der Waals surface area contributed by atoms with Gasteiger partial charge in [-0.05, 0) is 69.4 Å². The van der Waals surface area contributed by atoms with Crippen molar-refractivity contribution >= 4 is 34.6 Å². The molecule has 6 heteroatoms. The van der Waals surface area contributed by atoms with E-state index in [-0.39, 0.29) is 11.0 Å². The zero-order valence-corrected chi connectivity index (χ0v) is 16.2. The molecule has 0 spiro atoms. The molecule has 1 amide bonds. The van der Waals surface area contributed by atoms with Gasteiger partial charge in [-0.1, -0.05) is 12.1 Å². The Morgan fingerprint density at radius 3 is 2.31 bits per heavy atom. The second kappa shape index (κ2) is 9.77. The van der Waals surface area contributed by atoms with Gasteiger partial charge in [0, 0.05) is 24.5 Å². The number of carbonyl (C=O) groups is 1. The molecular formula is C20H25N3O2S. The first-order valence-corrected chi connectivity index (χ1v) is 9.19. The summed E-state index contributed by atoms with van der Waals surface area (Å²) in [5.41, 5.74) is 2.43. The van der Waals surface area contributed by atoms with Crippen molar-refractivity contribution in [3.05, 3.63) is 54.1 Å². The predicted molar refractivity (Wildman–Crippen MR) is 111 cm³/mol. The third-order valence-corrected chi connectivity index (χ3v) is 4.12. The van der Waals surface area contributed by atoms with Crippen LogP contribution in [0.5, 0.6) is 5.75 Å². The van der Waals surface area contributed by atoms with Crippen molar-refractivity contribution in [1.29, 1.82) is 0 Å². The maximum atomic E-state index is 12.4. The highest BCUT2D eigenvalue weighted by molar-refractivity contribution is 7.80. The molecule has 0 heterocycles. The summed E-state index contributed by atoms with van der Waals surface area (Å²) in [6.07, 6.45) is 0. The predicted octanol–water partition coefficient (Wildman–Crippen LogP) is 4.06. The highest BCUT2D eigenvalue weighted by atomic mass is 32.1. The van der Waals surface area contributed by atoms with E-state index in [1.54, 1.807) is 18.2 Å². The van der Waals surface area contributed by atoms with Crippen LogP contribution in [0.2, 0.25) is 0 Å². The van der Waals surface area contributed by atoms with Gasteiger partial charge in [0.15, 0.2) is 5.11 Å². The van der Waals surface area contributed by atoms with Gasteiger partial charge >= 0.3 is 0 Å². The van der Waals surface area contributed by atoms with Gasteiger partial charge in [-0.3, -0.25) is 10.1 Å². The number of thiocarbonyl (C=S) groups is 1. The normalized spacial score (nSPS) is 10.1. The summed E-state index contributed by atoms with van der Waals surface area (Å²) < 4.78 is 5.49. The maximum absolute atomic E-state index is 12.4. The molecule has 0 bridgehead atoms. The van der Waals surface area contributed by atoms with Crippen molar-refractivity contribution in [2.45, 2.75) is 20.8 Å². The zero-order chi connectivity index (χ0) is 18.9. The van der Waals surface area contributed by atoms with Crippen molar-refractivity contribution in [2.24, 2.45) is 0 Å². The Morgan fingerprint density at radius 1 is 1.04 bits per heavy atom. The van der Waals surface area contributed by atoms with Crippen LogP contribution in [0.15, 0.2) is 48.5 Å². The van der Waals surface area contributed by atoms with Crippen LogP contribution in [0, 0.1) is 0 Å². The summed E-state index contributed by atoms with van der Waals surface area (Å²) in [5.74, 6) is 0.241. The molecule has 0 saturated heterocycles. The number of hydrogen-bond acceptors (Lipinski definition) is 4. The highest BCUT2D eigenvalue weighted by Gasteiger charge is 2.13. The molecule has 0 aromatic heterocycles. The van der Waals surface area contributed by atoms with Crippen LogP contribution in [0.1, 0.15) is 31.1 Å². The molecule has 0 unspecified atom stereocenters. The van der Waals surface area contributed by atoms with E-state index in [1.165, 1.54) is 0 Å². The lowest BCUT2D eigenvalue weighted by atomic mass is 10.2. The number of nitrogens with one attached hydrogen (secondary N) is 2. The van der Waals surface area contributed by atoms with E-state index in [2.05, 4.69) is 29.4 Å². The first kappa shape index (κ1) is 19.7. The number of carbonyl (C=O) groups excluding carboxylic acids is 1. The molecule has 0 radical (unpaired) electrons. The average molecular weight is 372 g/mol. The summed E-state index contributed by atoms with van der Waals surface area (Å²) in [6, 6.07) is 15.0. The van der Waals surface area contributed by atoms with Gasteiger partial charge in [-0.25, -0.2) is 0 Å². The second-order valence-electron chi connectivity index (χ2n) is 5.56. The van der Waals surface area contributed by atoms with E-state index in [9.17, 15) is 4.79 Å². The van der Waals surface area contributed by atoms with Gasteiger partial charge in [-0.2, -0.15) is 0 Å². The summed E-state index contributed by atoms with van der Waals surface area (Å²) in [6.45, 7) is 8.53. The largest absolute Gasteiger partial charge is 0.493 e. The van der Waals surface area contributed by atoms with Gasteiger partial charge in [0.05, 0.1) is 12.2 Å². The van der Waals surface area contributed by atoms with E-state index >= 15 is 0 Å². The van der Waals surface area contributed by atoms with E-state index < -0.39 is 0 Å². The molecule has 0 aliphatic heterocycles. The van der Waals surface area contributed by atoms with E-state index in [1.807, 2.05) is 37.3 Å². The number of ether oxygens (including phenoxy) is 1. The molecule has 26 heavy (non-hydrogen) atoms. The molecule has 2 N–H and O–H groups in total. The Balaban J connectivity index is 1.99. The summed E-state index contributed by atoms with van der Waals surface area (Å²) in [5, 5.41) is 5.98. The quantitative estimate of drug-likeness (QED) is 0.719. The number of para-hydroxylation sites is 1. The van der Waals surface area contributed by atoms with Gasteiger partial charge < -0.3 is 15.0 Å². The Kier molecular flexibility index (Phi) is 7.41. The fraction of sp³-hybridized carbons (Fsp3) is 0.300.